The van der Waals surface area contributed by atoms with Crippen molar-refractivity contribution in [2.24, 2.45) is 11.7 Å². The molecule has 1 unspecified atom stereocenters. The molecule has 0 saturated heterocycles. The largest absolute Gasteiger partial charge is 0.356 e. The van der Waals surface area contributed by atoms with Crippen LogP contribution in [0.4, 0.5) is 4.79 Å². The van der Waals surface area contributed by atoms with Gasteiger partial charge in [0, 0.05) is 11.0 Å². The van der Waals surface area contributed by atoms with Crippen LogP contribution in [0.1, 0.15) is 50.1 Å². The highest BCUT2D eigenvalue weighted by molar-refractivity contribution is 9.10. The van der Waals surface area contributed by atoms with E-state index >= 15 is 0 Å². The monoisotopic (exact) mass is 381 g/mol. The lowest BCUT2D eigenvalue weighted by molar-refractivity contribution is -0.121. The Morgan fingerprint density at radius 3 is 2.65 bits per heavy atom. The second-order valence-corrected chi connectivity index (χ2v) is 7.04. The van der Waals surface area contributed by atoms with E-state index in [1.54, 1.807) is 0 Å². The molecule has 0 radical (unpaired) electrons. The van der Waals surface area contributed by atoms with E-state index in [2.05, 4.69) is 26.6 Å². The molecule has 1 aliphatic carbocycles. The lowest BCUT2D eigenvalue weighted by Crippen LogP contribution is -2.37. The number of benzene rings is 1. The lowest BCUT2D eigenvalue weighted by Gasteiger charge is -2.23. The van der Waals surface area contributed by atoms with Gasteiger partial charge >= 0.3 is 6.03 Å². The molecule has 1 fully saturated rings. The highest BCUT2D eigenvalue weighted by Crippen LogP contribution is 2.23. The molecule has 6 heteroatoms. The first-order chi connectivity index (χ1) is 11.0. The fourth-order valence-corrected chi connectivity index (χ4v) is 3.47. The predicted molar refractivity (Wildman–Crippen MR) is 93.8 cm³/mol. The van der Waals surface area contributed by atoms with Crippen molar-refractivity contribution in [3.05, 3.63) is 34.3 Å². The minimum Gasteiger partial charge on any atom is -0.356 e. The molecular weight excluding hydrogens is 358 g/mol. The van der Waals surface area contributed by atoms with E-state index in [1.807, 2.05) is 24.3 Å². The molecule has 1 atom stereocenters. The van der Waals surface area contributed by atoms with E-state index in [4.69, 9.17) is 5.73 Å². The molecule has 2 rings (SSSR count). The lowest BCUT2D eigenvalue weighted by atomic mass is 9.89. The Balaban J connectivity index is 1.91. The van der Waals surface area contributed by atoms with Gasteiger partial charge in [0.1, 0.15) is 0 Å². The van der Waals surface area contributed by atoms with Gasteiger partial charge in [-0.2, -0.15) is 0 Å². The number of hydrogen-bond donors (Lipinski definition) is 3. The number of primary amides is 1. The van der Waals surface area contributed by atoms with Crippen LogP contribution in [0.15, 0.2) is 28.7 Å². The Morgan fingerprint density at radius 1 is 1.26 bits per heavy atom. The minimum absolute atomic E-state index is 0.0608. The van der Waals surface area contributed by atoms with Crippen molar-refractivity contribution in [3.8, 4) is 0 Å². The van der Waals surface area contributed by atoms with Gasteiger partial charge in [0.05, 0.1) is 12.5 Å². The zero-order valence-electron chi connectivity index (χ0n) is 13.2. The molecule has 1 aliphatic rings. The van der Waals surface area contributed by atoms with Crippen molar-refractivity contribution >= 4 is 27.9 Å². The first-order valence-corrected chi connectivity index (χ1v) is 8.92. The fourth-order valence-electron chi connectivity index (χ4n) is 3.05. The van der Waals surface area contributed by atoms with Gasteiger partial charge in [0.15, 0.2) is 0 Å². The van der Waals surface area contributed by atoms with Crippen molar-refractivity contribution in [2.45, 2.75) is 44.6 Å². The number of amides is 3. The Hall–Kier alpha value is -1.56. The van der Waals surface area contributed by atoms with Crippen LogP contribution in [0.25, 0.3) is 0 Å². The molecule has 0 spiro atoms. The number of carbonyl (C=O) groups is 2. The van der Waals surface area contributed by atoms with Gasteiger partial charge in [0.2, 0.25) is 5.91 Å². The van der Waals surface area contributed by atoms with E-state index in [0.717, 1.165) is 16.6 Å². The number of carbonyl (C=O) groups excluding carboxylic acids is 2. The van der Waals surface area contributed by atoms with Gasteiger partial charge in [-0.1, -0.05) is 47.3 Å². The summed E-state index contributed by atoms with van der Waals surface area (Å²) in [5, 5.41) is 5.65. The first-order valence-electron chi connectivity index (χ1n) is 8.12. The van der Waals surface area contributed by atoms with Crippen LogP contribution in [-0.4, -0.2) is 18.5 Å². The Bertz CT molecular complexity index is 544. The summed E-state index contributed by atoms with van der Waals surface area (Å²) in [7, 11) is 0. The summed E-state index contributed by atoms with van der Waals surface area (Å²) < 4.78 is 0.897. The quantitative estimate of drug-likeness (QED) is 0.706. The standard InChI is InChI=1S/C17H24BrN3O2/c18-14-8-4-7-13(9-14)15(21-17(19)23)10-16(22)20-11-12-5-2-1-3-6-12/h4,7-9,12,15H,1-3,5-6,10-11H2,(H,20,22)(H3,19,21,23). The topological polar surface area (TPSA) is 84.2 Å². The molecule has 0 bridgehead atoms. The zero-order valence-corrected chi connectivity index (χ0v) is 14.8. The fraction of sp³-hybridized carbons (Fsp3) is 0.529. The van der Waals surface area contributed by atoms with Crippen molar-refractivity contribution in [1.29, 1.82) is 0 Å². The van der Waals surface area contributed by atoms with Crippen molar-refractivity contribution in [1.82, 2.24) is 10.6 Å². The van der Waals surface area contributed by atoms with Crippen LogP contribution in [0.2, 0.25) is 0 Å². The smallest absolute Gasteiger partial charge is 0.312 e. The van der Waals surface area contributed by atoms with Crippen LogP contribution < -0.4 is 16.4 Å². The SMILES string of the molecule is NC(=O)NC(CC(=O)NCC1CCCCC1)c1cccc(Br)c1. The van der Waals surface area contributed by atoms with Crippen LogP contribution >= 0.6 is 15.9 Å². The van der Waals surface area contributed by atoms with Crippen LogP contribution in [0.5, 0.6) is 0 Å². The van der Waals surface area contributed by atoms with E-state index in [9.17, 15) is 9.59 Å². The minimum atomic E-state index is -0.630. The molecule has 5 nitrogen and oxygen atoms in total. The van der Waals surface area contributed by atoms with Crippen molar-refractivity contribution in [3.63, 3.8) is 0 Å². The molecule has 1 aromatic rings. The van der Waals surface area contributed by atoms with Gasteiger partial charge in [0.25, 0.3) is 0 Å². The molecule has 0 aromatic heterocycles. The second-order valence-electron chi connectivity index (χ2n) is 6.13. The number of rotatable bonds is 6. The third-order valence-electron chi connectivity index (χ3n) is 4.27. The summed E-state index contributed by atoms with van der Waals surface area (Å²) in [5.74, 6) is 0.524. The van der Waals surface area contributed by atoms with Crippen LogP contribution in [0.3, 0.4) is 0 Å². The van der Waals surface area contributed by atoms with Crippen molar-refractivity contribution < 1.29 is 9.59 Å². The third kappa shape index (κ3) is 6.22. The molecular formula is C17H24BrN3O2. The Labute approximate surface area is 145 Å². The third-order valence-corrected chi connectivity index (χ3v) is 4.76. The van der Waals surface area contributed by atoms with E-state index in [1.165, 1.54) is 32.1 Å². The van der Waals surface area contributed by atoms with Gasteiger partial charge in [-0.15, -0.1) is 0 Å². The second kappa shape index (κ2) is 8.91. The maximum absolute atomic E-state index is 12.2. The van der Waals surface area contributed by atoms with Crippen molar-refractivity contribution in [2.75, 3.05) is 6.54 Å². The summed E-state index contributed by atoms with van der Waals surface area (Å²) in [6.45, 7) is 0.723. The predicted octanol–water partition coefficient (Wildman–Crippen LogP) is 3.25. The van der Waals surface area contributed by atoms with E-state index < -0.39 is 12.1 Å². The Kier molecular flexibility index (Phi) is 6.89. The highest BCUT2D eigenvalue weighted by atomic mass is 79.9. The summed E-state index contributed by atoms with van der Waals surface area (Å²) >= 11 is 3.40. The molecule has 0 heterocycles. The van der Waals surface area contributed by atoms with Gasteiger partial charge in [-0.25, -0.2) is 4.79 Å². The maximum atomic E-state index is 12.2. The molecule has 3 amide bonds. The van der Waals surface area contributed by atoms with Crippen LogP contribution in [-0.2, 0) is 4.79 Å². The van der Waals surface area contributed by atoms with Gasteiger partial charge in [-0.05, 0) is 36.5 Å². The van der Waals surface area contributed by atoms with E-state index in [-0.39, 0.29) is 12.3 Å². The highest BCUT2D eigenvalue weighted by Gasteiger charge is 2.19. The van der Waals surface area contributed by atoms with Crippen LogP contribution in [0, 0.1) is 5.92 Å². The summed E-state index contributed by atoms with van der Waals surface area (Å²) in [4.78, 5) is 23.4. The van der Waals surface area contributed by atoms with Gasteiger partial charge < -0.3 is 16.4 Å². The summed E-state index contributed by atoms with van der Waals surface area (Å²) in [6, 6.07) is 6.48. The summed E-state index contributed by atoms with van der Waals surface area (Å²) in [6.07, 6.45) is 6.38. The number of hydrogen-bond acceptors (Lipinski definition) is 2. The number of halogens is 1. The number of nitrogens with two attached hydrogens (primary N) is 1. The molecule has 23 heavy (non-hydrogen) atoms. The zero-order chi connectivity index (χ0) is 16.7. The van der Waals surface area contributed by atoms with Gasteiger partial charge in [-0.3, -0.25) is 4.79 Å². The normalized spacial score (nSPS) is 16.6. The molecule has 126 valence electrons. The Morgan fingerprint density at radius 2 is 2.00 bits per heavy atom. The average molecular weight is 382 g/mol. The molecule has 4 N–H and O–H groups in total. The molecule has 1 aromatic carbocycles. The summed E-state index contributed by atoms with van der Waals surface area (Å²) in [5.41, 5.74) is 6.09. The number of urea groups is 1. The first kappa shape index (κ1) is 17.8. The average Bonchev–Trinajstić information content (AvgIpc) is 2.53. The van der Waals surface area contributed by atoms with E-state index in [0.29, 0.717) is 5.92 Å². The number of nitrogens with one attached hydrogen (secondary N) is 2. The maximum Gasteiger partial charge on any atom is 0.312 e. The molecule has 1 saturated carbocycles. The molecule has 0 aliphatic heterocycles.